The first-order valence-electron chi connectivity index (χ1n) is 6.00. The van der Waals surface area contributed by atoms with Crippen molar-refractivity contribution in [1.82, 2.24) is 0 Å². The quantitative estimate of drug-likeness (QED) is 0.858. The third kappa shape index (κ3) is 3.13. The zero-order valence-electron chi connectivity index (χ0n) is 11.1. The van der Waals surface area contributed by atoms with Crippen molar-refractivity contribution in [2.45, 2.75) is 13.0 Å². The average Bonchev–Trinajstić information content (AvgIpc) is 2.84. The Balaban J connectivity index is 2.29. The molecular formula is C14H15BrN2O2S. The van der Waals surface area contributed by atoms with Crippen molar-refractivity contribution in [3.63, 3.8) is 0 Å². The number of methoxy groups -OCH3 is 1. The number of anilines is 1. The van der Waals surface area contributed by atoms with Crippen molar-refractivity contribution in [3.8, 4) is 5.75 Å². The first kappa shape index (κ1) is 14.9. The summed E-state index contributed by atoms with van der Waals surface area (Å²) in [5.74, 6) is 0.218. The Kier molecular flexibility index (Phi) is 4.67. The Hall–Kier alpha value is -1.53. The molecule has 1 unspecified atom stereocenters. The van der Waals surface area contributed by atoms with Crippen molar-refractivity contribution >= 4 is 38.9 Å². The summed E-state index contributed by atoms with van der Waals surface area (Å²) in [6.45, 7) is 2.05. The van der Waals surface area contributed by atoms with E-state index >= 15 is 0 Å². The van der Waals surface area contributed by atoms with Gasteiger partial charge in [-0.15, -0.1) is 11.3 Å². The highest BCUT2D eigenvalue weighted by atomic mass is 79.9. The van der Waals surface area contributed by atoms with Crippen molar-refractivity contribution in [2.24, 2.45) is 5.73 Å². The fourth-order valence-corrected chi connectivity index (χ4v) is 3.61. The molecule has 2 rings (SSSR count). The fourth-order valence-electron chi connectivity index (χ4n) is 1.89. The third-order valence-electron chi connectivity index (χ3n) is 2.89. The van der Waals surface area contributed by atoms with Gasteiger partial charge in [0.1, 0.15) is 5.75 Å². The maximum Gasteiger partial charge on any atom is 0.248 e. The summed E-state index contributed by atoms with van der Waals surface area (Å²) in [5, 5.41) is 5.37. The normalized spacial score (nSPS) is 11.9. The van der Waals surface area contributed by atoms with Crippen LogP contribution in [0.25, 0.3) is 0 Å². The number of hydrogen-bond donors (Lipinski definition) is 2. The van der Waals surface area contributed by atoms with Crippen molar-refractivity contribution < 1.29 is 9.53 Å². The second-order valence-corrected chi connectivity index (χ2v) is 6.08. The van der Waals surface area contributed by atoms with Gasteiger partial charge in [-0.1, -0.05) is 0 Å². The van der Waals surface area contributed by atoms with E-state index in [0.717, 1.165) is 10.2 Å². The lowest BCUT2D eigenvalue weighted by molar-refractivity contribution is 0.100. The maximum absolute atomic E-state index is 11.3. The molecule has 1 atom stereocenters. The molecular weight excluding hydrogens is 340 g/mol. The SMILES string of the molecule is COc1ccc(C(N)=O)cc1NC(C)c1sccc1Br. The topological polar surface area (TPSA) is 64.3 Å². The number of halogens is 1. The van der Waals surface area contributed by atoms with Gasteiger partial charge in [-0.3, -0.25) is 4.79 Å². The molecule has 0 bridgehead atoms. The molecule has 1 aromatic heterocycles. The summed E-state index contributed by atoms with van der Waals surface area (Å²) >= 11 is 5.18. The molecule has 0 radical (unpaired) electrons. The smallest absolute Gasteiger partial charge is 0.248 e. The van der Waals surface area contributed by atoms with Gasteiger partial charge in [-0.2, -0.15) is 0 Å². The second kappa shape index (κ2) is 6.28. The second-order valence-electron chi connectivity index (χ2n) is 4.28. The Labute approximate surface area is 130 Å². The van der Waals surface area contributed by atoms with E-state index in [1.807, 2.05) is 18.4 Å². The molecule has 0 spiro atoms. The van der Waals surface area contributed by atoms with Crippen LogP contribution in [-0.4, -0.2) is 13.0 Å². The predicted molar refractivity (Wildman–Crippen MR) is 85.6 cm³/mol. The van der Waals surface area contributed by atoms with Crippen LogP contribution in [0, 0.1) is 0 Å². The summed E-state index contributed by atoms with van der Waals surface area (Å²) < 4.78 is 6.37. The molecule has 1 heterocycles. The summed E-state index contributed by atoms with van der Waals surface area (Å²) in [4.78, 5) is 12.4. The lowest BCUT2D eigenvalue weighted by Gasteiger charge is -2.17. The molecule has 0 saturated carbocycles. The molecule has 106 valence electrons. The molecule has 2 aromatic rings. The molecule has 1 amide bonds. The number of carbonyl (C=O) groups is 1. The van der Waals surface area contributed by atoms with Crippen LogP contribution in [0.1, 0.15) is 28.2 Å². The molecule has 0 aliphatic carbocycles. The maximum atomic E-state index is 11.3. The lowest BCUT2D eigenvalue weighted by atomic mass is 10.1. The van der Waals surface area contributed by atoms with Crippen molar-refractivity contribution in [2.75, 3.05) is 12.4 Å². The van der Waals surface area contributed by atoms with Gasteiger partial charge < -0.3 is 15.8 Å². The highest BCUT2D eigenvalue weighted by molar-refractivity contribution is 9.10. The zero-order valence-corrected chi connectivity index (χ0v) is 13.5. The van der Waals surface area contributed by atoms with Crippen LogP contribution in [0.3, 0.4) is 0 Å². The van der Waals surface area contributed by atoms with Crippen LogP contribution in [-0.2, 0) is 0 Å². The van der Waals surface area contributed by atoms with Crippen LogP contribution < -0.4 is 15.8 Å². The summed E-state index contributed by atoms with van der Waals surface area (Å²) in [6, 6.07) is 7.19. The van der Waals surface area contributed by atoms with Gasteiger partial charge in [-0.05, 0) is 52.5 Å². The molecule has 0 aliphatic rings. The Bertz CT molecular complexity index is 627. The molecule has 3 N–H and O–H groups in total. The first-order chi connectivity index (χ1) is 9.52. The molecule has 0 fully saturated rings. The predicted octanol–water partition coefficient (Wildman–Crippen LogP) is 3.79. The highest BCUT2D eigenvalue weighted by Gasteiger charge is 2.14. The van der Waals surface area contributed by atoms with Crippen LogP contribution in [0.2, 0.25) is 0 Å². The summed E-state index contributed by atoms with van der Waals surface area (Å²) in [6.07, 6.45) is 0. The van der Waals surface area contributed by atoms with Gasteiger partial charge in [0.25, 0.3) is 0 Å². The standard InChI is InChI=1S/C14H15BrN2O2S/c1-8(13-10(15)5-6-20-13)17-11-7-9(14(16)18)3-4-12(11)19-2/h3-8,17H,1-2H3,(H2,16,18). The van der Waals surface area contributed by atoms with E-state index in [2.05, 4.69) is 21.2 Å². The van der Waals surface area contributed by atoms with Crippen LogP contribution in [0.15, 0.2) is 34.1 Å². The minimum atomic E-state index is -0.458. The monoisotopic (exact) mass is 354 g/mol. The summed E-state index contributed by atoms with van der Waals surface area (Å²) in [5.41, 5.74) is 6.51. The minimum Gasteiger partial charge on any atom is -0.495 e. The van der Waals surface area contributed by atoms with Crippen LogP contribution in [0.5, 0.6) is 5.75 Å². The molecule has 0 aliphatic heterocycles. The van der Waals surface area contributed by atoms with Crippen molar-refractivity contribution in [1.29, 1.82) is 0 Å². The van der Waals surface area contributed by atoms with Gasteiger partial charge >= 0.3 is 0 Å². The van der Waals surface area contributed by atoms with E-state index in [4.69, 9.17) is 10.5 Å². The largest absolute Gasteiger partial charge is 0.495 e. The number of thiophene rings is 1. The first-order valence-corrected chi connectivity index (χ1v) is 7.67. The molecule has 4 nitrogen and oxygen atoms in total. The number of ether oxygens (including phenoxy) is 1. The molecule has 1 aromatic carbocycles. The number of primary amides is 1. The van der Waals surface area contributed by atoms with E-state index in [-0.39, 0.29) is 6.04 Å². The number of rotatable bonds is 5. The fraction of sp³-hybridized carbons (Fsp3) is 0.214. The van der Waals surface area contributed by atoms with Gasteiger partial charge in [0, 0.05) is 14.9 Å². The zero-order chi connectivity index (χ0) is 14.7. The Morgan fingerprint density at radius 1 is 1.45 bits per heavy atom. The molecule has 20 heavy (non-hydrogen) atoms. The number of benzene rings is 1. The van der Waals surface area contributed by atoms with Crippen molar-refractivity contribution in [3.05, 3.63) is 44.6 Å². The molecule has 6 heteroatoms. The van der Waals surface area contributed by atoms with Gasteiger partial charge in [-0.25, -0.2) is 0 Å². The average molecular weight is 355 g/mol. The third-order valence-corrected chi connectivity index (χ3v) is 4.95. The minimum absolute atomic E-state index is 0.0846. The van der Waals surface area contributed by atoms with E-state index in [1.165, 1.54) is 4.88 Å². The van der Waals surface area contributed by atoms with Gasteiger partial charge in [0.15, 0.2) is 0 Å². The van der Waals surface area contributed by atoms with Gasteiger partial charge in [0.2, 0.25) is 5.91 Å². The van der Waals surface area contributed by atoms with Gasteiger partial charge in [0.05, 0.1) is 18.8 Å². The molecule has 0 saturated heterocycles. The number of nitrogens with two attached hydrogens (primary N) is 1. The Morgan fingerprint density at radius 2 is 2.20 bits per heavy atom. The number of amides is 1. The number of nitrogens with one attached hydrogen (secondary N) is 1. The van der Waals surface area contributed by atoms with E-state index in [9.17, 15) is 4.79 Å². The van der Waals surface area contributed by atoms with Crippen LogP contribution in [0.4, 0.5) is 5.69 Å². The van der Waals surface area contributed by atoms with Crippen LogP contribution >= 0.6 is 27.3 Å². The lowest BCUT2D eigenvalue weighted by Crippen LogP contribution is -2.12. The van der Waals surface area contributed by atoms with E-state index < -0.39 is 5.91 Å². The number of carbonyl (C=O) groups excluding carboxylic acids is 1. The Morgan fingerprint density at radius 3 is 2.75 bits per heavy atom. The highest BCUT2D eigenvalue weighted by Crippen LogP contribution is 2.34. The van der Waals surface area contributed by atoms with E-state index in [0.29, 0.717) is 11.3 Å². The van der Waals surface area contributed by atoms with E-state index in [1.54, 1.807) is 36.6 Å². The number of hydrogen-bond acceptors (Lipinski definition) is 4. The summed E-state index contributed by atoms with van der Waals surface area (Å²) in [7, 11) is 1.59.